The van der Waals surface area contributed by atoms with Gasteiger partial charge in [-0.1, -0.05) is 18.2 Å². The molecule has 4 heteroatoms. The van der Waals surface area contributed by atoms with Crippen LogP contribution in [-0.2, 0) is 0 Å². The molecule has 1 aromatic heterocycles. The van der Waals surface area contributed by atoms with Crippen molar-refractivity contribution in [3.63, 3.8) is 0 Å². The van der Waals surface area contributed by atoms with Crippen molar-refractivity contribution in [2.24, 2.45) is 0 Å². The van der Waals surface area contributed by atoms with Gasteiger partial charge in [-0.3, -0.25) is 4.98 Å². The van der Waals surface area contributed by atoms with Crippen LogP contribution < -0.4 is 9.80 Å². The molecule has 1 aliphatic rings. The van der Waals surface area contributed by atoms with Crippen LogP contribution in [0.5, 0.6) is 0 Å². The molecular weight excluding hydrogens is 248 g/mol. The van der Waals surface area contributed by atoms with Crippen LogP contribution in [0.1, 0.15) is 5.56 Å². The first-order valence-corrected chi connectivity index (χ1v) is 6.77. The van der Waals surface area contributed by atoms with Crippen molar-refractivity contribution in [2.75, 3.05) is 36.0 Å². The molecule has 0 spiro atoms. The molecule has 100 valence electrons. The zero-order valence-electron chi connectivity index (χ0n) is 11.2. The van der Waals surface area contributed by atoms with Crippen molar-refractivity contribution >= 4 is 11.4 Å². The number of rotatable bonds is 2. The fraction of sp³-hybridized carbons (Fsp3) is 0.250. The van der Waals surface area contributed by atoms with E-state index in [2.05, 4.69) is 45.1 Å². The lowest BCUT2D eigenvalue weighted by Crippen LogP contribution is -2.46. The number of anilines is 2. The lowest BCUT2D eigenvalue weighted by molar-refractivity contribution is 0.652. The van der Waals surface area contributed by atoms with Crippen LogP contribution in [0.25, 0.3) is 0 Å². The van der Waals surface area contributed by atoms with E-state index in [9.17, 15) is 0 Å². The number of nitrogens with zero attached hydrogens (tertiary/aromatic N) is 4. The summed E-state index contributed by atoms with van der Waals surface area (Å²) in [5.41, 5.74) is 2.91. The molecule has 1 fully saturated rings. The van der Waals surface area contributed by atoms with Crippen molar-refractivity contribution < 1.29 is 0 Å². The number of hydrogen-bond donors (Lipinski definition) is 0. The minimum absolute atomic E-state index is 0.702. The molecule has 4 nitrogen and oxygen atoms in total. The van der Waals surface area contributed by atoms with Crippen LogP contribution in [0, 0.1) is 11.3 Å². The Morgan fingerprint density at radius 1 is 0.950 bits per heavy atom. The third-order valence-corrected chi connectivity index (χ3v) is 3.66. The average Bonchev–Trinajstić information content (AvgIpc) is 2.56. The summed E-state index contributed by atoms with van der Waals surface area (Å²) in [7, 11) is 0. The van der Waals surface area contributed by atoms with E-state index in [0.717, 1.165) is 31.9 Å². The second-order valence-electron chi connectivity index (χ2n) is 4.81. The van der Waals surface area contributed by atoms with Crippen molar-refractivity contribution in [1.29, 1.82) is 5.26 Å². The lowest BCUT2D eigenvalue weighted by Gasteiger charge is -2.37. The van der Waals surface area contributed by atoms with Crippen molar-refractivity contribution in [3.05, 3.63) is 54.4 Å². The molecule has 1 aliphatic heterocycles. The Balaban J connectivity index is 1.72. The first-order chi connectivity index (χ1) is 9.88. The molecule has 3 rings (SSSR count). The van der Waals surface area contributed by atoms with Gasteiger partial charge < -0.3 is 9.80 Å². The Bertz CT molecular complexity index is 610. The predicted octanol–water partition coefficient (Wildman–Crippen LogP) is 2.28. The van der Waals surface area contributed by atoms with Crippen LogP contribution >= 0.6 is 0 Å². The van der Waals surface area contributed by atoms with Crippen molar-refractivity contribution in [3.8, 4) is 6.07 Å². The van der Waals surface area contributed by atoms with E-state index < -0.39 is 0 Å². The molecule has 0 bridgehead atoms. The maximum Gasteiger partial charge on any atom is 0.101 e. The van der Waals surface area contributed by atoms with Gasteiger partial charge in [-0.05, 0) is 18.2 Å². The molecule has 2 aromatic rings. The highest BCUT2D eigenvalue weighted by Crippen LogP contribution is 2.22. The quantitative estimate of drug-likeness (QED) is 0.834. The number of aromatic nitrogens is 1. The molecule has 1 aromatic carbocycles. The summed E-state index contributed by atoms with van der Waals surface area (Å²) in [6, 6.07) is 14.5. The van der Waals surface area contributed by atoms with Crippen LogP contribution in [0.2, 0.25) is 0 Å². The number of nitriles is 1. The second-order valence-corrected chi connectivity index (χ2v) is 4.81. The SMILES string of the molecule is N#Cc1ccncc1N1CCN(c2ccccc2)CC1. The fourth-order valence-corrected chi connectivity index (χ4v) is 2.58. The molecule has 0 N–H and O–H groups in total. The minimum atomic E-state index is 0.702. The molecule has 0 aliphatic carbocycles. The highest BCUT2D eigenvalue weighted by molar-refractivity contribution is 5.59. The second kappa shape index (κ2) is 5.62. The highest BCUT2D eigenvalue weighted by Gasteiger charge is 2.19. The summed E-state index contributed by atoms with van der Waals surface area (Å²) in [5, 5.41) is 9.16. The fourth-order valence-electron chi connectivity index (χ4n) is 2.58. The van der Waals surface area contributed by atoms with Gasteiger partial charge in [-0.25, -0.2) is 0 Å². The lowest BCUT2D eigenvalue weighted by atomic mass is 10.2. The van der Waals surface area contributed by atoms with E-state index in [4.69, 9.17) is 5.26 Å². The Hall–Kier alpha value is -2.54. The average molecular weight is 264 g/mol. The first-order valence-electron chi connectivity index (χ1n) is 6.77. The van der Waals surface area contributed by atoms with Crippen LogP contribution in [0.4, 0.5) is 11.4 Å². The van der Waals surface area contributed by atoms with Gasteiger partial charge in [0.05, 0.1) is 17.4 Å². The standard InChI is InChI=1S/C16H16N4/c17-12-14-6-7-18-13-16(14)20-10-8-19(9-11-20)15-4-2-1-3-5-15/h1-7,13H,8-11H2. The summed E-state index contributed by atoms with van der Waals surface area (Å²) in [4.78, 5) is 8.75. The van der Waals surface area contributed by atoms with Crippen LogP contribution in [0.3, 0.4) is 0 Å². The third-order valence-electron chi connectivity index (χ3n) is 3.66. The molecule has 20 heavy (non-hydrogen) atoms. The summed E-state index contributed by atoms with van der Waals surface area (Å²) in [5.74, 6) is 0. The Morgan fingerprint density at radius 3 is 2.35 bits per heavy atom. The highest BCUT2D eigenvalue weighted by atomic mass is 15.3. The molecule has 0 atom stereocenters. The first kappa shape index (κ1) is 12.5. The smallest absolute Gasteiger partial charge is 0.101 e. The molecule has 0 radical (unpaired) electrons. The topological polar surface area (TPSA) is 43.2 Å². The molecule has 2 heterocycles. The zero-order chi connectivity index (χ0) is 13.8. The van der Waals surface area contributed by atoms with Gasteiger partial charge in [0.1, 0.15) is 6.07 Å². The molecule has 1 saturated heterocycles. The van der Waals surface area contributed by atoms with Gasteiger partial charge >= 0.3 is 0 Å². The monoisotopic (exact) mass is 264 g/mol. The number of para-hydroxylation sites is 1. The van der Waals surface area contributed by atoms with Crippen molar-refractivity contribution in [2.45, 2.75) is 0 Å². The van der Waals surface area contributed by atoms with Crippen LogP contribution in [-0.4, -0.2) is 31.2 Å². The predicted molar refractivity (Wildman–Crippen MR) is 79.8 cm³/mol. The maximum atomic E-state index is 9.16. The van der Waals surface area contributed by atoms with Crippen LogP contribution in [0.15, 0.2) is 48.8 Å². The van der Waals surface area contributed by atoms with Crippen molar-refractivity contribution in [1.82, 2.24) is 4.98 Å². The molecule has 0 amide bonds. The van der Waals surface area contributed by atoms with E-state index in [1.807, 2.05) is 6.07 Å². The van der Waals surface area contributed by atoms with E-state index in [-0.39, 0.29) is 0 Å². The van der Waals surface area contributed by atoms with Gasteiger partial charge in [-0.2, -0.15) is 5.26 Å². The van der Waals surface area contributed by atoms with E-state index in [1.165, 1.54) is 5.69 Å². The Kier molecular flexibility index (Phi) is 3.51. The van der Waals surface area contributed by atoms with E-state index in [0.29, 0.717) is 5.56 Å². The normalized spacial score (nSPS) is 14.9. The maximum absolute atomic E-state index is 9.16. The van der Waals surface area contributed by atoms with Gasteiger partial charge in [0.15, 0.2) is 0 Å². The number of hydrogen-bond acceptors (Lipinski definition) is 4. The Labute approximate surface area is 118 Å². The van der Waals surface area contributed by atoms with Gasteiger partial charge in [0.25, 0.3) is 0 Å². The Morgan fingerprint density at radius 2 is 1.65 bits per heavy atom. The largest absolute Gasteiger partial charge is 0.368 e. The number of piperazine rings is 1. The zero-order valence-corrected chi connectivity index (χ0v) is 11.2. The molecule has 0 saturated carbocycles. The summed E-state index contributed by atoms with van der Waals surface area (Å²) >= 11 is 0. The summed E-state index contributed by atoms with van der Waals surface area (Å²) in [6.07, 6.45) is 3.46. The van der Waals surface area contributed by atoms with Gasteiger partial charge in [-0.15, -0.1) is 0 Å². The van der Waals surface area contributed by atoms with Gasteiger partial charge in [0.2, 0.25) is 0 Å². The molecular formula is C16H16N4. The van der Waals surface area contributed by atoms with E-state index >= 15 is 0 Å². The van der Waals surface area contributed by atoms with Gasteiger partial charge in [0, 0.05) is 38.1 Å². The summed E-state index contributed by atoms with van der Waals surface area (Å²) in [6.45, 7) is 3.75. The third kappa shape index (κ3) is 2.43. The molecule has 0 unspecified atom stereocenters. The number of pyridine rings is 1. The van der Waals surface area contributed by atoms with E-state index in [1.54, 1.807) is 18.5 Å². The summed E-state index contributed by atoms with van der Waals surface area (Å²) < 4.78 is 0. The minimum Gasteiger partial charge on any atom is -0.368 e. The number of benzene rings is 1.